The maximum Gasteiger partial charge on any atom is 0.262 e. The highest BCUT2D eigenvalue weighted by molar-refractivity contribution is 7.89. The largest absolute Gasteiger partial charge is 0.375 e. The molecular weight excluding hydrogens is 321 g/mol. The van der Waals surface area contributed by atoms with Gasteiger partial charge in [0.15, 0.2) is 5.03 Å². The molecule has 124 valence electrons. The summed E-state index contributed by atoms with van der Waals surface area (Å²) in [4.78, 5) is 3.93. The zero-order valence-electron chi connectivity index (χ0n) is 12.7. The first-order valence-corrected chi connectivity index (χ1v) is 8.73. The van der Waals surface area contributed by atoms with Crippen LogP contribution in [0.1, 0.15) is 5.56 Å². The van der Waals surface area contributed by atoms with Gasteiger partial charge < -0.3 is 9.30 Å². The lowest BCUT2D eigenvalue weighted by Gasteiger charge is -2.31. The normalized spacial score (nSPS) is 19.8. The summed E-state index contributed by atoms with van der Waals surface area (Å²) in [7, 11) is -1.89. The third-order valence-corrected chi connectivity index (χ3v) is 5.51. The second kappa shape index (κ2) is 6.38. The molecule has 2 heterocycles. The van der Waals surface area contributed by atoms with E-state index in [-0.39, 0.29) is 23.5 Å². The van der Waals surface area contributed by atoms with Crippen LogP contribution in [-0.4, -0.2) is 48.1 Å². The molecule has 0 saturated carbocycles. The highest BCUT2D eigenvalue weighted by Crippen LogP contribution is 2.19. The Bertz CT molecular complexity index is 774. The molecule has 2 aromatic rings. The Hall–Kier alpha value is -1.77. The van der Waals surface area contributed by atoms with Gasteiger partial charge in [-0.3, -0.25) is 0 Å². The van der Waals surface area contributed by atoms with E-state index in [9.17, 15) is 12.8 Å². The Morgan fingerprint density at radius 1 is 1.35 bits per heavy atom. The molecule has 1 aliphatic rings. The number of morpholine rings is 1. The highest BCUT2D eigenvalue weighted by atomic mass is 32.2. The van der Waals surface area contributed by atoms with Crippen molar-refractivity contribution in [2.45, 2.75) is 17.6 Å². The van der Waals surface area contributed by atoms with Crippen LogP contribution in [0.4, 0.5) is 4.39 Å². The molecule has 1 atom stereocenters. The monoisotopic (exact) mass is 339 g/mol. The quantitative estimate of drug-likeness (QED) is 0.839. The smallest absolute Gasteiger partial charge is 0.262 e. The van der Waals surface area contributed by atoms with Crippen LogP contribution in [0, 0.1) is 5.82 Å². The lowest BCUT2D eigenvalue weighted by Crippen LogP contribution is -2.46. The van der Waals surface area contributed by atoms with Gasteiger partial charge in [0, 0.05) is 26.3 Å². The van der Waals surface area contributed by atoms with E-state index in [0.29, 0.717) is 19.6 Å². The number of rotatable bonds is 4. The maximum absolute atomic E-state index is 12.9. The van der Waals surface area contributed by atoms with Crippen LogP contribution < -0.4 is 0 Å². The van der Waals surface area contributed by atoms with Crippen LogP contribution in [0.3, 0.4) is 0 Å². The average Bonchev–Trinajstić information content (AvgIpc) is 2.97. The van der Waals surface area contributed by atoms with Crippen LogP contribution in [0.2, 0.25) is 0 Å². The summed E-state index contributed by atoms with van der Waals surface area (Å²) in [6, 6.07) is 6.15. The summed E-state index contributed by atoms with van der Waals surface area (Å²) in [5.74, 6) is -0.294. The fourth-order valence-corrected chi connectivity index (χ4v) is 3.99. The molecule has 1 aromatic heterocycles. The summed E-state index contributed by atoms with van der Waals surface area (Å²) in [6.45, 7) is 0.896. The molecule has 0 amide bonds. The van der Waals surface area contributed by atoms with E-state index in [1.165, 1.54) is 29.0 Å². The van der Waals surface area contributed by atoms with Gasteiger partial charge in [0.05, 0.1) is 19.0 Å². The molecule has 0 N–H and O–H groups in total. The van der Waals surface area contributed by atoms with E-state index in [1.54, 1.807) is 23.7 Å². The Balaban J connectivity index is 1.71. The fourth-order valence-electron chi connectivity index (χ4n) is 2.57. The first kappa shape index (κ1) is 16.1. The molecule has 8 heteroatoms. The molecule has 23 heavy (non-hydrogen) atoms. The number of sulfonamides is 1. The van der Waals surface area contributed by atoms with Crippen molar-refractivity contribution in [2.75, 3.05) is 19.7 Å². The Morgan fingerprint density at radius 2 is 2.09 bits per heavy atom. The molecule has 0 aliphatic carbocycles. The summed E-state index contributed by atoms with van der Waals surface area (Å²) >= 11 is 0. The molecule has 0 radical (unpaired) electrons. The van der Waals surface area contributed by atoms with E-state index in [2.05, 4.69) is 4.98 Å². The van der Waals surface area contributed by atoms with Crippen molar-refractivity contribution in [3.05, 3.63) is 48.2 Å². The highest BCUT2D eigenvalue weighted by Gasteiger charge is 2.32. The maximum atomic E-state index is 12.9. The summed E-state index contributed by atoms with van der Waals surface area (Å²) in [5.41, 5.74) is 0.911. The zero-order valence-corrected chi connectivity index (χ0v) is 13.5. The van der Waals surface area contributed by atoms with Gasteiger partial charge in [0.2, 0.25) is 0 Å². The molecule has 3 rings (SSSR count). The van der Waals surface area contributed by atoms with Crippen molar-refractivity contribution < 1.29 is 17.5 Å². The van der Waals surface area contributed by atoms with Crippen molar-refractivity contribution in [1.82, 2.24) is 13.9 Å². The second-order valence-corrected chi connectivity index (χ2v) is 7.45. The van der Waals surface area contributed by atoms with Gasteiger partial charge in [0.25, 0.3) is 10.0 Å². The minimum atomic E-state index is -3.61. The average molecular weight is 339 g/mol. The summed E-state index contributed by atoms with van der Waals surface area (Å²) in [5, 5.41) is 0.0439. The molecule has 1 aliphatic heterocycles. The predicted molar refractivity (Wildman–Crippen MR) is 81.8 cm³/mol. The molecule has 6 nitrogen and oxygen atoms in total. The van der Waals surface area contributed by atoms with Crippen LogP contribution in [0.5, 0.6) is 0 Å². The first-order chi connectivity index (χ1) is 10.9. The molecule has 1 fully saturated rings. The number of hydrogen-bond acceptors (Lipinski definition) is 4. The number of halogens is 1. The first-order valence-electron chi connectivity index (χ1n) is 7.29. The van der Waals surface area contributed by atoms with Gasteiger partial charge in [-0.1, -0.05) is 12.1 Å². The lowest BCUT2D eigenvalue weighted by atomic mass is 10.1. The Morgan fingerprint density at radius 3 is 2.74 bits per heavy atom. The molecular formula is C15H18FN3O3S. The van der Waals surface area contributed by atoms with Crippen LogP contribution in [0.25, 0.3) is 0 Å². The van der Waals surface area contributed by atoms with Crippen LogP contribution >= 0.6 is 0 Å². The van der Waals surface area contributed by atoms with E-state index in [0.717, 1.165) is 5.56 Å². The number of ether oxygens (including phenoxy) is 1. The van der Waals surface area contributed by atoms with Crippen molar-refractivity contribution in [3.63, 3.8) is 0 Å². The van der Waals surface area contributed by atoms with Crippen molar-refractivity contribution in [2.24, 2.45) is 7.05 Å². The van der Waals surface area contributed by atoms with Crippen LogP contribution in [0.15, 0.2) is 41.8 Å². The molecule has 0 spiro atoms. The fraction of sp³-hybridized carbons (Fsp3) is 0.400. The number of imidazole rings is 1. The Kier molecular flexibility index (Phi) is 4.47. The van der Waals surface area contributed by atoms with Gasteiger partial charge in [0.1, 0.15) is 5.82 Å². The number of aromatic nitrogens is 2. The lowest BCUT2D eigenvalue weighted by molar-refractivity contribution is -0.000564. The summed E-state index contributed by atoms with van der Waals surface area (Å²) < 4.78 is 46.8. The zero-order chi connectivity index (χ0) is 16.4. The minimum absolute atomic E-state index is 0.0439. The minimum Gasteiger partial charge on any atom is -0.375 e. The molecule has 0 bridgehead atoms. The number of hydrogen-bond donors (Lipinski definition) is 0. The van der Waals surface area contributed by atoms with Gasteiger partial charge >= 0.3 is 0 Å². The van der Waals surface area contributed by atoms with E-state index in [1.807, 2.05) is 0 Å². The Labute approximate surface area is 134 Å². The molecule has 1 unspecified atom stereocenters. The number of benzene rings is 1. The standard InChI is InChI=1S/C15H18FN3O3S/c1-18-10-15(17-11-18)23(20,21)19-6-7-22-14(9-19)8-12-2-4-13(16)5-3-12/h2-5,10-11,14H,6-9H2,1H3. The van der Waals surface area contributed by atoms with Gasteiger partial charge in [-0.25, -0.2) is 17.8 Å². The van der Waals surface area contributed by atoms with Gasteiger partial charge in [-0.2, -0.15) is 4.31 Å². The number of aryl methyl sites for hydroxylation is 1. The SMILES string of the molecule is Cn1cnc(S(=O)(=O)N2CCOC(Cc3ccc(F)cc3)C2)c1. The third-order valence-electron chi connectivity index (χ3n) is 3.76. The van der Waals surface area contributed by atoms with Crippen molar-refractivity contribution in [1.29, 1.82) is 0 Å². The van der Waals surface area contributed by atoms with Gasteiger partial charge in [-0.05, 0) is 24.1 Å². The topological polar surface area (TPSA) is 64.4 Å². The van der Waals surface area contributed by atoms with Gasteiger partial charge in [-0.15, -0.1) is 0 Å². The summed E-state index contributed by atoms with van der Waals surface area (Å²) in [6.07, 6.45) is 3.23. The van der Waals surface area contributed by atoms with Crippen LogP contribution in [-0.2, 0) is 28.2 Å². The second-order valence-electron chi connectivity index (χ2n) is 5.56. The van der Waals surface area contributed by atoms with Crippen molar-refractivity contribution >= 4 is 10.0 Å². The van der Waals surface area contributed by atoms with E-state index in [4.69, 9.17) is 4.74 Å². The van der Waals surface area contributed by atoms with E-state index >= 15 is 0 Å². The predicted octanol–water partition coefficient (Wildman–Crippen LogP) is 1.19. The van der Waals surface area contributed by atoms with Crippen molar-refractivity contribution in [3.8, 4) is 0 Å². The van der Waals surface area contributed by atoms with E-state index < -0.39 is 10.0 Å². The molecule has 1 saturated heterocycles. The number of nitrogens with zero attached hydrogens (tertiary/aromatic N) is 3. The third kappa shape index (κ3) is 3.60. The molecule has 1 aromatic carbocycles.